The molecule has 0 aliphatic carbocycles. The Morgan fingerprint density at radius 2 is 1.43 bits per heavy atom. The summed E-state index contributed by atoms with van der Waals surface area (Å²) < 4.78 is 70.0. The predicted molar refractivity (Wildman–Crippen MR) is 176 cm³/mol. The number of aryl methyl sites for hydroxylation is 1. The Labute approximate surface area is 274 Å². The zero-order valence-electron chi connectivity index (χ0n) is 26.4. The first-order valence-electron chi connectivity index (χ1n) is 15.2. The van der Waals surface area contributed by atoms with Gasteiger partial charge in [0.1, 0.15) is 12.6 Å². The smallest absolute Gasteiger partial charge is 0.354 e. The third-order valence-electron chi connectivity index (χ3n) is 7.46. The van der Waals surface area contributed by atoms with E-state index in [1.54, 1.807) is 12.1 Å². The number of hydrogen-bond donors (Lipinski definition) is 1. The third kappa shape index (κ3) is 9.45. The van der Waals surface area contributed by atoms with Gasteiger partial charge in [0, 0.05) is 19.5 Å². The molecule has 1 unspecified atom stereocenters. The molecule has 4 aromatic carbocycles. The van der Waals surface area contributed by atoms with Crippen LogP contribution in [0.3, 0.4) is 0 Å². The number of halogens is 3. The van der Waals surface area contributed by atoms with Gasteiger partial charge in [-0.1, -0.05) is 98.3 Å². The van der Waals surface area contributed by atoms with E-state index < -0.39 is 46.2 Å². The van der Waals surface area contributed by atoms with Crippen LogP contribution in [-0.2, 0) is 38.8 Å². The van der Waals surface area contributed by atoms with Crippen LogP contribution >= 0.6 is 0 Å². The molecule has 1 atom stereocenters. The number of carbonyl (C=O) groups excluding carboxylic acids is 2. The molecule has 0 aromatic heterocycles. The minimum atomic E-state index is -4.76. The molecule has 248 valence electrons. The Morgan fingerprint density at radius 1 is 0.809 bits per heavy atom. The molecule has 0 saturated carbocycles. The second-order valence-corrected chi connectivity index (χ2v) is 13.6. The molecular weight excluding hydrogens is 627 g/mol. The second-order valence-electron chi connectivity index (χ2n) is 11.7. The normalized spacial score (nSPS) is 12.4. The monoisotopic (exact) mass is 665 g/mol. The summed E-state index contributed by atoms with van der Waals surface area (Å²) in [5.41, 5.74) is 0.977. The van der Waals surface area contributed by atoms with Crippen molar-refractivity contribution in [2.24, 2.45) is 5.92 Å². The lowest BCUT2D eigenvalue weighted by atomic mass is 10.0. The Kier molecular flexibility index (Phi) is 11.5. The fourth-order valence-corrected chi connectivity index (χ4v) is 6.50. The number of benzene rings is 4. The Hall–Kier alpha value is -4.64. The van der Waals surface area contributed by atoms with E-state index in [1.165, 1.54) is 35.2 Å². The van der Waals surface area contributed by atoms with Crippen LogP contribution in [0.4, 0.5) is 18.9 Å². The van der Waals surface area contributed by atoms with Crippen LogP contribution in [0, 0.1) is 12.8 Å². The van der Waals surface area contributed by atoms with E-state index in [0.717, 1.165) is 23.3 Å². The highest BCUT2D eigenvalue weighted by Crippen LogP contribution is 2.33. The fourth-order valence-electron chi connectivity index (χ4n) is 5.07. The van der Waals surface area contributed by atoms with Gasteiger partial charge in [-0.25, -0.2) is 8.42 Å². The summed E-state index contributed by atoms with van der Waals surface area (Å²) in [5.74, 6) is -1.08. The van der Waals surface area contributed by atoms with Crippen LogP contribution < -0.4 is 9.62 Å². The number of amides is 2. The zero-order valence-corrected chi connectivity index (χ0v) is 27.3. The first-order chi connectivity index (χ1) is 22.3. The van der Waals surface area contributed by atoms with Crippen molar-refractivity contribution in [3.8, 4) is 0 Å². The summed E-state index contributed by atoms with van der Waals surface area (Å²) in [5, 5.41) is 2.91. The number of anilines is 1. The lowest BCUT2D eigenvalue weighted by molar-refractivity contribution is -0.140. The van der Waals surface area contributed by atoms with Crippen LogP contribution in [0.1, 0.15) is 36.1 Å². The highest BCUT2D eigenvalue weighted by molar-refractivity contribution is 7.92. The van der Waals surface area contributed by atoms with Gasteiger partial charge in [0.05, 0.1) is 16.1 Å². The Balaban J connectivity index is 1.83. The second kappa shape index (κ2) is 15.3. The molecule has 0 saturated heterocycles. The molecule has 2 amide bonds. The van der Waals surface area contributed by atoms with Crippen molar-refractivity contribution in [1.29, 1.82) is 0 Å². The molecule has 0 aliphatic rings. The number of hydrogen-bond acceptors (Lipinski definition) is 4. The van der Waals surface area contributed by atoms with Gasteiger partial charge in [0.15, 0.2) is 0 Å². The number of sulfonamides is 1. The molecule has 47 heavy (non-hydrogen) atoms. The van der Waals surface area contributed by atoms with Gasteiger partial charge in [-0.05, 0) is 54.3 Å². The predicted octanol–water partition coefficient (Wildman–Crippen LogP) is 6.62. The number of rotatable bonds is 13. The first-order valence-corrected chi connectivity index (χ1v) is 16.6. The number of alkyl halides is 3. The van der Waals surface area contributed by atoms with Gasteiger partial charge in [-0.3, -0.25) is 13.9 Å². The van der Waals surface area contributed by atoms with Crippen molar-refractivity contribution in [3.63, 3.8) is 0 Å². The summed E-state index contributed by atoms with van der Waals surface area (Å²) in [7, 11) is -4.53. The van der Waals surface area contributed by atoms with Crippen LogP contribution in [0.2, 0.25) is 0 Å². The van der Waals surface area contributed by atoms with Crippen molar-refractivity contribution in [1.82, 2.24) is 10.2 Å². The lowest BCUT2D eigenvalue weighted by Crippen LogP contribution is -2.53. The van der Waals surface area contributed by atoms with Gasteiger partial charge in [-0.15, -0.1) is 0 Å². The molecule has 11 heteroatoms. The molecular formula is C36H38F3N3O4S. The van der Waals surface area contributed by atoms with Gasteiger partial charge in [0.2, 0.25) is 11.8 Å². The maximum atomic E-state index is 14.5. The van der Waals surface area contributed by atoms with Gasteiger partial charge >= 0.3 is 6.18 Å². The van der Waals surface area contributed by atoms with E-state index in [2.05, 4.69) is 5.32 Å². The van der Waals surface area contributed by atoms with E-state index in [-0.39, 0.29) is 29.5 Å². The minimum Gasteiger partial charge on any atom is -0.354 e. The molecule has 0 heterocycles. The molecule has 4 aromatic rings. The Morgan fingerprint density at radius 3 is 2.04 bits per heavy atom. The van der Waals surface area contributed by atoms with Crippen molar-refractivity contribution < 1.29 is 31.2 Å². The zero-order chi connectivity index (χ0) is 34.2. The summed E-state index contributed by atoms with van der Waals surface area (Å²) in [6.45, 7) is 5.19. The van der Waals surface area contributed by atoms with Crippen molar-refractivity contribution in [2.45, 2.75) is 50.9 Å². The molecule has 0 fully saturated rings. The maximum Gasteiger partial charge on any atom is 0.416 e. The molecule has 4 rings (SSSR count). The van der Waals surface area contributed by atoms with Gasteiger partial charge < -0.3 is 10.2 Å². The van der Waals surface area contributed by atoms with E-state index in [4.69, 9.17) is 0 Å². The van der Waals surface area contributed by atoms with E-state index in [0.29, 0.717) is 22.5 Å². The summed E-state index contributed by atoms with van der Waals surface area (Å²) in [6.07, 6.45) is -4.63. The molecule has 0 aliphatic heterocycles. The topological polar surface area (TPSA) is 86.8 Å². The third-order valence-corrected chi connectivity index (χ3v) is 9.25. The maximum absolute atomic E-state index is 14.5. The first kappa shape index (κ1) is 35.2. The summed E-state index contributed by atoms with van der Waals surface area (Å²) >= 11 is 0. The molecule has 0 spiro atoms. The highest BCUT2D eigenvalue weighted by Gasteiger charge is 2.36. The number of nitrogens with one attached hydrogen (secondary N) is 1. The quantitative estimate of drug-likeness (QED) is 0.174. The Bertz CT molecular complexity index is 1770. The van der Waals surface area contributed by atoms with E-state index in [1.807, 2.05) is 69.3 Å². The fraction of sp³-hybridized carbons (Fsp3) is 0.278. The summed E-state index contributed by atoms with van der Waals surface area (Å²) in [4.78, 5) is 29.4. The summed E-state index contributed by atoms with van der Waals surface area (Å²) in [6, 6.07) is 26.4. The van der Waals surface area contributed by atoms with Crippen LogP contribution in [-0.4, -0.2) is 44.3 Å². The van der Waals surface area contributed by atoms with E-state index in [9.17, 15) is 31.2 Å². The molecule has 7 nitrogen and oxygen atoms in total. The van der Waals surface area contributed by atoms with Crippen LogP contribution in [0.25, 0.3) is 0 Å². The van der Waals surface area contributed by atoms with Gasteiger partial charge in [0.25, 0.3) is 10.0 Å². The lowest BCUT2D eigenvalue weighted by Gasteiger charge is -2.34. The highest BCUT2D eigenvalue weighted by atomic mass is 32.2. The van der Waals surface area contributed by atoms with Crippen molar-refractivity contribution in [3.05, 3.63) is 131 Å². The SMILES string of the molecule is Cc1cccc(CN(C(=O)CN(c2cccc(C(F)(F)F)c2)S(=O)(=O)c2ccccc2)C(Cc2ccccc2)C(=O)NCC(C)C)c1. The number of carbonyl (C=O) groups is 2. The van der Waals surface area contributed by atoms with Crippen LogP contribution in [0.15, 0.2) is 114 Å². The standard InChI is InChI=1S/C36H38F3N3O4S/c1-26(2)23-40-35(44)33(21-28-13-6-4-7-14-28)41(24-29-15-10-12-27(3)20-29)34(43)25-42(47(45,46)32-18-8-5-9-19-32)31-17-11-16-30(22-31)36(37,38)39/h4-20,22,26,33H,21,23-25H2,1-3H3,(H,40,44). The molecule has 1 N–H and O–H groups in total. The van der Waals surface area contributed by atoms with Gasteiger partial charge in [-0.2, -0.15) is 13.2 Å². The molecule has 0 radical (unpaired) electrons. The van der Waals surface area contributed by atoms with Crippen molar-refractivity contribution >= 4 is 27.5 Å². The minimum absolute atomic E-state index is 0.0467. The molecule has 0 bridgehead atoms. The average molecular weight is 666 g/mol. The van der Waals surface area contributed by atoms with Crippen molar-refractivity contribution in [2.75, 3.05) is 17.4 Å². The van der Waals surface area contributed by atoms with Crippen LogP contribution in [0.5, 0.6) is 0 Å². The van der Waals surface area contributed by atoms with E-state index >= 15 is 0 Å². The number of nitrogens with zero attached hydrogens (tertiary/aromatic N) is 2. The average Bonchev–Trinajstić information content (AvgIpc) is 3.04. The largest absolute Gasteiger partial charge is 0.416 e.